The van der Waals surface area contributed by atoms with E-state index in [1.54, 1.807) is 6.20 Å². The highest BCUT2D eigenvalue weighted by atomic mass is 16.3. The van der Waals surface area contributed by atoms with Gasteiger partial charge in [0.25, 0.3) is 0 Å². The van der Waals surface area contributed by atoms with Gasteiger partial charge >= 0.3 is 0 Å². The van der Waals surface area contributed by atoms with Crippen molar-refractivity contribution in [3.63, 3.8) is 0 Å². The fraction of sp³-hybridized carbons (Fsp3) is 0.667. The van der Waals surface area contributed by atoms with Crippen molar-refractivity contribution in [2.24, 2.45) is 0 Å². The lowest BCUT2D eigenvalue weighted by Gasteiger charge is -2.31. The van der Waals surface area contributed by atoms with Crippen LogP contribution in [0.3, 0.4) is 0 Å². The molecule has 14 heavy (non-hydrogen) atoms. The van der Waals surface area contributed by atoms with Gasteiger partial charge in [-0.1, -0.05) is 13.8 Å². The van der Waals surface area contributed by atoms with Crippen LogP contribution in [0.1, 0.15) is 26.7 Å². The fourth-order valence-electron chi connectivity index (χ4n) is 1.37. The van der Waals surface area contributed by atoms with Crippen molar-refractivity contribution in [1.82, 2.24) is 10.2 Å². The van der Waals surface area contributed by atoms with Gasteiger partial charge in [0.1, 0.15) is 5.82 Å². The van der Waals surface area contributed by atoms with Gasteiger partial charge in [-0.05, 0) is 12.8 Å². The largest absolute Gasteiger partial charge is 0.394 e. The van der Waals surface area contributed by atoms with Crippen LogP contribution < -0.4 is 11.1 Å². The Morgan fingerprint density at radius 2 is 2.21 bits per heavy atom. The molecule has 0 aliphatic carbocycles. The molecule has 0 aliphatic rings. The SMILES string of the molecule is CCC(CC)(CO)Nc1cn[nH]c1N. The number of aromatic amines is 1. The van der Waals surface area contributed by atoms with Crippen LogP contribution >= 0.6 is 0 Å². The Morgan fingerprint density at radius 3 is 2.57 bits per heavy atom. The molecule has 0 fully saturated rings. The van der Waals surface area contributed by atoms with Gasteiger partial charge in [-0.2, -0.15) is 5.10 Å². The van der Waals surface area contributed by atoms with Crippen molar-refractivity contribution in [1.29, 1.82) is 0 Å². The van der Waals surface area contributed by atoms with Gasteiger partial charge in [0.05, 0.1) is 24.0 Å². The highest BCUT2D eigenvalue weighted by molar-refractivity contribution is 5.61. The lowest BCUT2D eigenvalue weighted by molar-refractivity contribution is 0.202. The predicted molar refractivity (Wildman–Crippen MR) is 57.0 cm³/mol. The normalized spacial score (nSPS) is 11.6. The summed E-state index contributed by atoms with van der Waals surface area (Å²) in [6.07, 6.45) is 3.31. The zero-order chi connectivity index (χ0) is 10.6. The number of anilines is 2. The molecule has 5 heteroatoms. The molecule has 0 spiro atoms. The van der Waals surface area contributed by atoms with Gasteiger partial charge in [-0.15, -0.1) is 0 Å². The Kier molecular flexibility index (Phi) is 3.35. The summed E-state index contributed by atoms with van der Waals surface area (Å²) in [6, 6.07) is 0. The summed E-state index contributed by atoms with van der Waals surface area (Å²) in [5.74, 6) is 0.504. The average Bonchev–Trinajstić information content (AvgIpc) is 2.61. The van der Waals surface area contributed by atoms with Crippen LogP contribution in [0.15, 0.2) is 6.20 Å². The van der Waals surface area contributed by atoms with Crippen LogP contribution in [0.25, 0.3) is 0 Å². The lowest BCUT2D eigenvalue weighted by Crippen LogP contribution is -2.40. The fourth-order valence-corrected chi connectivity index (χ4v) is 1.37. The molecule has 1 heterocycles. The van der Waals surface area contributed by atoms with Gasteiger partial charge in [0.15, 0.2) is 0 Å². The third kappa shape index (κ3) is 1.98. The topological polar surface area (TPSA) is 87.0 Å². The molecule has 5 nitrogen and oxygen atoms in total. The van der Waals surface area contributed by atoms with E-state index in [-0.39, 0.29) is 12.1 Å². The molecule has 0 bridgehead atoms. The quantitative estimate of drug-likeness (QED) is 0.567. The summed E-state index contributed by atoms with van der Waals surface area (Å²) < 4.78 is 0. The number of hydrogen-bond acceptors (Lipinski definition) is 4. The number of nitrogens with one attached hydrogen (secondary N) is 2. The number of nitrogens with zero attached hydrogens (tertiary/aromatic N) is 1. The molecule has 0 saturated carbocycles. The molecule has 80 valence electrons. The zero-order valence-electron chi connectivity index (χ0n) is 8.67. The maximum absolute atomic E-state index is 9.33. The van der Waals surface area contributed by atoms with Crippen molar-refractivity contribution in [3.05, 3.63) is 6.20 Å². The maximum Gasteiger partial charge on any atom is 0.142 e. The average molecular weight is 198 g/mol. The monoisotopic (exact) mass is 198 g/mol. The Balaban J connectivity index is 2.79. The van der Waals surface area contributed by atoms with Crippen molar-refractivity contribution < 1.29 is 5.11 Å². The summed E-state index contributed by atoms with van der Waals surface area (Å²) in [4.78, 5) is 0. The molecular weight excluding hydrogens is 180 g/mol. The second-order valence-corrected chi connectivity index (χ2v) is 3.47. The molecule has 1 aromatic rings. The Bertz CT molecular complexity index is 272. The van der Waals surface area contributed by atoms with E-state index in [9.17, 15) is 5.11 Å². The number of rotatable bonds is 5. The van der Waals surface area contributed by atoms with Gasteiger partial charge in [-0.3, -0.25) is 5.10 Å². The molecule has 0 unspecified atom stereocenters. The first-order chi connectivity index (χ1) is 6.67. The first kappa shape index (κ1) is 10.8. The third-order valence-corrected chi connectivity index (χ3v) is 2.72. The summed E-state index contributed by atoms with van der Waals surface area (Å²) in [5, 5.41) is 19.0. The third-order valence-electron chi connectivity index (χ3n) is 2.72. The number of aliphatic hydroxyl groups excluding tert-OH is 1. The smallest absolute Gasteiger partial charge is 0.142 e. The number of hydrogen-bond donors (Lipinski definition) is 4. The number of nitrogen functional groups attached to an aromatic ring is 1. The lowest BCUT2D eigenvalue weighted by atomic mass is 9.94. The molecule has 1 rings (SSSR count). The van der Waals surface area contributed by atoms with Gasteiger partial charge in [0, 0.05) is 0 Å². The summed E-state index contributed by atoms with van der Waals surface area (Å²) >= 11 is 0. The van der Waals surface area contributed by atoms with Crippen LogP contribution in [0.4, 0.5) is 11.5 Å². The van der Waals surface area contributed by atoms with Crippen LogP contribution in [0.5, 0.6) is 0 Å². The number of nitrogens with two attached hydrogens (primary N) is 1. The number of H-pyrrole nitrogens is 1. The molecule has 1 aromatic heterocycles. The molecule has 0 amide bonds. The second kappa shape index (κ2) is 4.32. The van der Waals surface area contributed by atoms with E-state index < -0.39 is 0 Å². The van der Waals surface area contributed by atoms with Crippen LogP contribution in [-0.2, 0) is 0 Å². The Hall–Kier alpha value is -1.23. The van der Waals surface area contributed by atoms with E-state index >= 15 is 0 Å². The molecule has 0 aromatic carbocycles. The molecule has 0 radical (unpaired) electrons. The summed E-state index contributed by atoms with van der Waals surface area (Å²) in [5.41, 5.74) is 6.11. The molecule has 0 atom stereocenters. The maximum atomic E-state index is 9.33. The van der Waals surface area contributed by atoms with Gasteiger partial charge in [0.2, 0.25) is 0 Å². The standard InChI is InChI=1S/C9H18N4O/c1-3-9(4-2,6-14)12-7-5-11-13-8(7)10/h5,12,14H,3-4,6H2,1-2H3,(H3,10,11,13). The second-order valence-electron chi connectivity index (χ2n) is 3.47. The van der Waals surface area contributed by atoms with Crippen LogP contribution in [0.2, 0.25) is 0 Å². The first-order valence-electron chi connectivity index (χ1n) is 4.85. The molecule has 0 aliphatic heterocycles. The van der Waals surface area contributed by atoms with Crippen LogP contribution in [0, 0.1) is 0 Å². The van der Waals surface area contributed by atoms with E-state index in [0.29, 0.717) is 5.82 Å². The molecule has 0 saturated heterocycles. The number of aromatic nitrogens is 2. The van der Waals surface area contributed by atoms with Crippen molar-refractivity contribution in [2.75, 3.05) is 17.7 Å². The Morgan fingerprint density at radius 1 is 1.57 bits per heavy atom. The summed E-state index contributed by atoms with van der Waals surface area (Å²) in [7, 11) is 0. The van der Waals surface area contributed by atoms with E-state index in [0.717, 1.165) is 18.5 Å². The highest BCUT2D eigenvalue weighted by Crippen LogP contribution is 2.24. The van der Waals surface area contributed by atoms with E-state index in [2.05, 4.69) is 15.5 Å². The van der Waals surface area contributed by atoms with Crippen LogP contribution in [-0.4, -0.2) is 27.4 Å². The molecular formula is C9H18N4O. The van der Waals surface area contributed by atoms with Gasteiger partial charge < -0.3 is 16.2 Å². The van der Waals surface area contributed by atoms with E-state index in [1.807, 2.05) is 13.8 Å². The van der Waals surface area contributed by atoms with Gasteiger partial charge in [-0.25, -0.2) is 0 Å². The highest BCUT2D eigenvalue weighted by Gasteiger charge is 2.25. The zero-order valence-corrected chi connectivity index (χ0v) is 8.67. The van der Waals surface area contributed by atoms with Crippen molar-refractivity contribution in [2.45, 2.75) is 32.2 Å². The van der Waals surface area contributed by atoms with Crippen molar-refractivity contribution >= 4 is 11.5 Å². The minimum Gasteiger partial charge on any atom is -0.394 e. The molecule has 5 N–H and O–H groups in total. The predicted octanol–water partition coefficient (Wildman–Crippen LogP) is 0.955. The minimum absolute atomic E-state index is 0.0879. The van der Waals surface area contributed by atoms with E-state index in [4.69, 9.17) is 5.73 Å². The Labute approximate surface area is 83.7 Å². The number of aliphatic hydroxyl groups is 1. The first-order valence-corrected chi connectivity index (χ1v) is 4.85. The minimum atomic E-state index is -0.294. The van der Waals surface area contributed by atoms with E-state index in [1.165, 1.54) is 0 Å². The van der Waals surface area contributed by atoms with Crippen molar-refractivity contribution in [3.8, 4) is 0 Å². The summed E-state index contributed by atoms with van der Waals surface area (Å²) in [6.45, 7) is 4.15.